The number of hydrogen-bond donors (Lipinski definition) is 1. The van der Waals surface area contributed by atoms with Gasteiger partial charge in [-0.25, -0.2) is 0 Å². The summed E-state index contributed by atoms with van der Waals surface area (Å²) >= 11 is 0. The standard InChI is InChI=1S/C13H20N2/c1-10-8-13(10)14-9-11-4-6-12(7-5-11)15(2)3/h4-7,10,13-14H,8-9H2,1-3H3. The molecule has 1 fully saturated rings. The molecule has 0 amide bonds. The molecule has 1 aromatic carbocycles. The van der Waals surface area contributed by atoms with Crippen LogP contribution in [0.2, 0.25) is 0 Å². The first-order chi connectivity index (χ1) is 7.16. The van der Waals surface area contributed by atoms with Gasteiger partial charge in [0.1, 0.15) is 0 Å². The number of anilines is 1. The predicted octanol–water partition coefficient (Wildman–Crippen LogP) is 2.25. The second-order valence-corrected chi connectivity index (χ2v) is 4.76. The molecular formula is C13H20N2. The van der Waals surface area contributed by atoms with E-state index in [-0.39, 0.29) is 0 Å². The molecule has 0 saturated heterocycles. The zero-order valence-electron chi connectivity index (χ0n) is 9.83. The smallest absolute Gasteiger partial charge is 0.0361 e. The van der Waals surface area contributed by atoms with Gasteiger partial charge in [-0.3, -0.25) is 0 Å². The summed E-state index contributed by atoms with van der Waals surface area (Å²) in [4.78, 5) is 2.13. The van der Waals surface area contributed by atoms with E-state index < -0.39 is 0 Å². The molecule has 1 aromatic rings. The van der Waals surface area contributed by atoms with Crippen LogP contribution in [-0.4, -0.2) is 20.1 Å². The maximum absolute atomic E-state index is 3.56. The fraction of sp³-hybridized carbons (Fsp3) is 0.538. The zero-order chi connectivity index (χ0) is 10.8. The van der Waals surface area contributed by atoms with Crippen molar-refractivity contribution in [3.8, 4) is 0 Å². The maximum atomic E-state index is 3.56. The number of rotatable bonds is 4. The minimum absolute atomic E-state index is 0.763. The second kappa shape index (κ2) is 4.23. The highest BCUT2D eigenvalue weighted by Crippen LogP contribution is 2.29. The van der Waals surface area contributed by atoms with E-state index in [2.05, 4.69) is 55.5 Å². The van der Waals surface area contributed by atoms with E-state index >= 15 is 0 Å². The van der Waals surface area contributed by atoms with E-state index in [1.165, 1.54) is 17.7 Å². The van der Waals surface area contributed by atoms with Crippen molar-refractivity contribution in [1.29, 1.82) is 0 Å². The molecule has 0 aromatic heterocycles. The quantitative estimate of drug-likeness (QED) is 0.809. The van der Waals surface area contributed by atoms with Crippen LogP contribution in [0.4, 0.5) is 5.69 Å². The fourth-order valence-electron chi connectivity index (χ4n) is 1.77. The van der Waals surface area contributed by atoms with Gasteiger partial charge in [-0.1, -0.05) is 19.1 Å². The average molecular weight is 204 g/mol. The van der Waals surface area contributed by atoms with E-state index in [4.69, 9.17) is 0 Å². The predicted molar refractivity (Wildman–Crippen MR) is 65.2 cm³/mol. The monoisotopic (exact) mass is 204 g/mol. The molecule has 1 aliphatic carbocycles. The molecule has 1 saturated carbocycles. The molecule has 0 spiro atoms. The van der Waals surface area contributed by atoms with Crippen molar-refractivity contribution in [1.82, 2.24) is 5.32 Å². The van der Waals surface area contributed by atoms with Crippen LogP contribution in [0.5, 0.6) is 0 Å². The Hall–Kier alpha value is -1.02. The summed E-state index contributed by atoms with van der Waals surface area (Å²) in [6.45, 7) is 3.30. The normalized spacial score (nSPS) is 23.9. The fourth-order valence-corrected chi connectivity index (χ4v) is 1.77. The van der Waals surface area contributed by atoms with E-state index in [9.17, 15) is 0 Å². The Kier molecular flexibility index (Phi) is 2.96. The maximum Gasteiger partial charge on any atom is 0.0361 e. The van der Waals surface area contributed by atoms with Crippen molar-refractivity contribution in [2.24, 2.45) is 5.92 Å². The van der Waals surface area contributed by atoms with Crippen LogP contribution < -0.4 is 10.2 Å². The lowest BCUT2D eigenvalue weighted by molar-refractivity contribution is 0.652. The van der Waals surface area contributed by atoms with Crippen LogP contribution in [0.25, 0.3) is 0 Å². The Morgan fingerprint density at radius 3 is 2.33 bits per heavy atom. The lowest BCUT2D eigenvalue weighted by atomic mass is 10.2. The third-order valence-corrected chi connectivity index (χ3v) is 3.13. The van der Waals surface area contributed by atoms with Gasteiger partial charge in [0.2, 0.25) is 0 Å². The molecule has 0 radical (unpaired) electrons. The number of nitrogens with one attached hydrogen (secondary N) is 1. The molecule has 2 atom stereocenters. The highest BCUT2D eigenvalue weighted by molar-refractivity contribution is 5.45. The minimum Gasteiger partial charge on any atom is -0.378 e. The van der Waals surface area contributed by atoms with Crippen molar-refractivity contribution in [2.75, 3.05) is 19.0 Å². The average Bonchev–Trinajstić information content (AvgIpc) is 2.92. The van der Waals surface area contributed by atoms with Crippen LogP contribution in [0, 0.1) is 5.92 Å². The van der Waals surface area contributed by atoms with Crippen LogP contribution >= 0.6 is 0 Å². The number of hydrogen-bond acceptors (Lipinski definition) is 2. The summed E-state index contributed by atoms with van der Waals surface area (Å²) in [5, 5.41) is 3.56. The largest absolute Gasteiger partial charge is 0.378 e. The van der Waals surface area contributed by atoms with Crippen LogP contribution in [0.1, 0.15) is 18.9 Å². The third-order valence-electron chi connectivity index (χ3n) is 3.13. The van der Waals surface area contributed by atoms with E-state index in [0.717, 1.165) is 18.5 Å². The summed E-state index contributed by atoms with van der Waals surface area (Å²) < 4.78 is 0. The van der Waals surface area contributed by atoms with Crippen LogP contribution in [0.15, 0.2) is 24.3 Å². The summed E-state index contributed by atoms with van der Waals surface area (Å²) in [7, 11) is 4.14. The first kappa shape index (κ1) is 10.5. The highest BCUT2D eigenvalue weighted by atomic mass is 15.1. The van der Waals surface area contributed by atoms with Crippen molar-refractivity contribution < 1.29 is 0 Å². The van der Waals surface area contributed by atoms with E-state index in [1.54, 1.807) is 0 Å². The molecule has 0 bridgehead atoms. The number of benzene rings is 1. The molecule has 0 aliphatic heterocycles. The highest BCUT2D eigenvalue weighted by Gasteiger charge is 2.31. The Bertz CT molecular complexity index is 316. The summed E-state index contributed by atoms with van der Waals surface area (Å²) in [6, 6.07) is 9.52. The molecule has 1 aliphatic rings. The second-order valence-electron chi connectivity index (χ2n) is 4.76. The molecule has 2 nitrogen and oxygen atoms in total. The zero-order valence-corrected chi connectivity index (χ0v) is 9.83. The Labute approximate surface area is 92.3 Å². The van der Waals surface area contributed by atoms with Gasteiger partial charge in [0.15, 0.2) is 0 Å². The Morgan fingerprint density at radius 2 is 1.87 bits per heavy atom. The van der Waals surface area contributed by atoms with Crippen molar-refractivity contribution in [2.45, 2.75) is 25.9 Å². The van der Waals surface area contributed by atoms with Gasteiger partial charge in [0, 0.05) is 32.4 Å². The molecule has 2 heteroatoms. The van der Waals surface area contributed by atoms with E-state index in [0.29, 0.717) is 0 Å². The molecule has 2 rings (SSSR count). The van der Waals surface area contributed by atoms with Gasteiger partial charge in [0.25, 0.3) is 0 Å². The summed E-state index contributed by atoms with van der Waals surface area (Å²) in [6.07, 6.45) is 1.34. The van der Waals surface area contributed by atoms with Gasteiger partial charge in [0.05, 0.1) is 0 Å². The van der Waals surface area contributed by atoms with Crippen molar-refractivity contribution in [3.63, 3.8) is 0 Å². The van der Waals surface area contributed by atoms with Crippen molar-refractivity contribution in [3.05, 3.63) is 29.8 Å². The topological polar surface area (TPSA) is 15.3 Å². The first-order valence-corrected chi connectivity index (χ1v) is 5.66. The SMILES string of the molecule is CC1CC1NCc1ccc(N(C)C)cc1. The van der Waals surface area contributed by atoms with Crippen LogP contribution in [0.3, 0.4) is 0 Å². The van der Waals surface area contributed by atoms with Gasteiger partial charge >= 0.3 is 0 Å². The summed E-state index contributed by atoms with van der Waals surface area (Å²) in [5.74, 6) is 0.881. The van der Waals surface area contributed by atoms with Crippen molar-refractivity contribution >= 4 is 5.69 Å². The van der Waals surface area contributed by atoms with Gasteiger partial charge in [-0.2, -0.15) is 0 Å². The molecule has 2 unspecified atom stereocenters. The molecule has 82 valence electrons. The summed E-state index contributed by atoms with van der Waals surface area (Å²) in [5.41, 5.74) is 2.64. The van der Waals surface area contributed by atoms with Gasteiger partial charge in [-0.05, 0) is 30.0 Å². The van der Waals surface area contributed by atoms with Gasteiger partial charge in [-0.15, -0.1) is 0 Å². The lowest BCUT2D eigenvalue weighted by Gasteiger charge is -2.12. The molecule has 15 heavy (non-hydrogen) atoms. The minimum atomic E-state index is 0.763. The Morgan fingerprint density at radius 1 is 1.27 bits per heavy atom. The van der Waals surface area contributed by atoms with E-state index in [1.807, 2.05) is 0 Å². The third kappa shape index (κ3) is 2.72. The number of nitrogens with zero attached hydrogens (tertiary/aromatic N) is 1. The molecular weight excluding hydrogens is 184 g/mol. The van der Waals surface area contributed by atoms with Gasteiger partial charge < -0.3 is 10.2 Å². The molecule has 1 N–H and O–H groups in total. The first-order valence-electron chi connectivity index (χ1n) is 5.66. The Balaban J connectivity index is 1.86. The van der Waals surface area contributed by atoms with Crippen LogP contribution in [-0.2, 0) is 6.54 Å². The molecule has 0 heterocycles. The lowest BCUT2D eigenvalue weighted by Crippen LogP contribution is -2.17.